The van der Waals surface area contributed by atoms with Crippen molar-refractivity contribution in [2.45, 2.75) is 102 Å². The van der Waals surface area contributed by atoms with Crippen molar-refractivity contribution in [1.82, 2.24) is 16.2 Å². The summed E-state index contributed by atoms with van der Waals surface area (Å²) in [5.41, 5.74) is -6.30. The average Bonchev–Trinajstić information content (AvgIpc) is 3.27. The first-order valence-electron chi connectivity index (χ1n) is 17.0. The fraction of sp³-hybridized carbons (Fsp3) is 0.750. The lowest BCUT2D eigenvalue weighted by molar-refractivity contribution is -0.527. The lowest BCUT2D eigenvalue weighted by atomic mass is 9.44. The van der Waals surface area contributed by atoms with Gasteiger partial charge in [0.05, 0.1) is 28.9 Å². The highest BCUT2D eigenvalue weighted by Gasteiger charge is 2.77. The lowest BCUT2D eigenvalue weighted by Crippen LogP contribution is -2.70. The number of hydrogen-bond donors (Lipinski definition) is 7. The molecule has 0 aromatic rings. The third-order valence-corrected chi connectivity index (χ3v) is 11.5. The predicted octanol–water partition coefficient (Wildman–Crippen LogP) is 2.35. The summed E-state index contributed by atoms with van der Waals surface area (Å²) in [6.07, 6.45) is 1.13. The minimum Gasteiger partial charge on any atom is -0.457 e. The van der Waals surface area contributed by atoms with Crippen LogP contribution < -0.4 is 0 Å². The molecule has 0 saturated heterocycles. The van der Waals surface area contributed by atoms with Crippen LogP contribution in [0.25, 0.3) is 0 Å². The van der Waals surface area contributed by atoms with Crippen LogP contribution in [-0.2, 0) is 43.2 Å². The molecule has 3 fully saturated rings. The number of carbonyl (C=O) groups is 4. The average molecular weight is 750 g/mol. The topological polar surface area (TPSA) is 266 Å². The van der Waals surface area contributed by atoms with Crippen LogP contribution >= 0.6 is 0 Å². The third-order valence-electron chi connectivity index (χ3n) is 11.5. The van der Waals surface area contributed by atoms with Crippen LogP contribution in [0.4, 0.5) is 4.39 Å². The van der Waals surface area contributed by atoms with Gasteiger partial charge in [0, 0.05) is 35.5 Å². The third kappa shape index (κ3) is 8.14. The van der Waals surface area contributed by atoms with Crippen LogP contribution in [0.3, 0.4) is 0 Å². The van der Waals surface area contributed by atoms with E-state index in [2.05, 4.69) is 14.5 Å². The van der Waals surface area contributed by atoms with Crippen LogP contribution in [0.5, 0.6) is 0 Å². The number of carbonyl (C=O) groups excluding carboxylic acids is 4. The summed E-state index contributed by atoms with van der Waals surface area (Å²) in [5.74, 6) is -4.94. The fourth-order valence-electron chi connectivity index (χ4n) is 9.24. The number of rotatable bonds is 18. The molecule has 52 heavy (non-hydrogen) atoms. The summed E-state index contributed by atoms with van der Waals surface area (Å²) >= 11 is 0. The highest BCUT2D eigenvalue weighted by atomic mass is 19.1. The van der Waals surface area contributed by atoms with Gasteiger partial charge in [-0.15, -0.1) is 0 Å². The van der Waals surface area contributed by atoms with Crippen molar-refractivity contribution in [1.29, 1.82) is 0 Å². The molecule has 0 bridgehead atoms. The molecule has 20 heteroatoms. The van der Waals surface area contributed by atoms with E-state index >= 15 is 4.39 Å². The van der Waals surface area contributed by atoms with E-state index in [4.69, 9.17) is 40.7 Å². The van der Waals surface area contributed by atoms with Gasteiger partial charge >= 0.3 is 11.9 Å². The molecule has 19 nitrogen and oxygen atoms in total. The number of hydrogen-bond acceptors (Lipinski definition) is 19. The van der Waals surface area contributed by atoms with E-state index in [1.807, 2.05) is 0 Å². The van der Waals surface area contributed by atoms with Gasteiger partial charge in [0.25, 0.3) is 0 Å². The van der Waals surface area contributed by atoms with Gasteiger partial charge in [-0.05, 0) is 69.9 Å². The molecule has 4 rings (SSSR count). The molecule has 0 spiro atoms. The molecule has 7 N–H and O–H groups in total. The van der Waals surface area contributed by atoms with Crippen molar-refractivity contribution in [2.24, 2.45) is 28.6 Å². The minimum absolute atomic E-state index is 0.00898. The molecular formula is C32H48FN3O16. The Labute approximate surface area is 297 Å². The van der Waals surface area contributed by atoms with Crippen LogP contribution in [0.2, 0.25) is 0 Å². The number of nitrogens with zero attached hydrogens (tertiary/aromatic N) is 3. The minimum atomic E-state index is -2.23. The zero-order valence-electron chi connectivity index (χ0n) is 29.1. The molecule has 294 valence electrons. The van der Waals surface area contributed by atoms with Crippen molar-refractivity contribution < 1.29 is 83.9 Å². The lowest BCUT2D eigenvalue weighted by Gasteiger charge is -2.62. The maximum atomic E-state index is 17.7. The molecule has 0 aliphatic heterocycles. The van der Waals surface area contributed by atoms with E-state index in [9.17, 15) is 24.3 Å². The molecule has 4 aliphatic rings. The number of fused-ring (bicyclic) bond motifs is 5. The number of esters is 2. The van der Waals surface area contributed by atoms with Crippen molar-refractivity contribution in [2.75, 3.05) is 19.8 Å². The summed E-state index contributed by atoms with van der Waals surface area (Å²) in [5, 5.41) is 63.0. The molecule has 0 aromatic heterocycles. The molecule has 0 heterocycles. The normalized spacial score (nSPS) is 34.5. The van der Waals surface area contributed by atoms with Gasteiger partial charge in [0.2, 0.25) is 5.78 Å². The van der Waals surface area contributed by atoms with E-state index in [1.165, 1.54) is 18.2 Å². The standard InChI is InChI=1S/C32H48FN3O16/c1-19-14-24-23-10-9-20-15-21(37)11-12-29(20,2)31(23,33)25(38)16-30(24,3)32(19,51-28(41)8-5-13-49-34(42)43)26(39)18-48-27(40)7-4-6-22(52-36(46)47)17-50-35(44)45/h11-12,15,19,22-25,38,42-47H,4-10,13-14,16-18H2,1-3H3/t19-,22?,23?,24?,25-,29-,30-,31-,32-/m0/s1. The quantitative estimate of drug-likeness (QED) is 0.0602. The van der Waals surface area contributed by atoms with Crippen molar-refractivity contribution >= 4 is 23.5 Å². The van der Waals surface area contributed by atoms with E-state index < -0.39 is 99.2 Å². The Kier molecular flexibility index (Phi) is 13.4. The number of alkyl halides is 1. The second-order valence-electron chi connectivity index (χ2n) is 14.3. The summed E-state index contributed by atoms with van der Waals surface area (Å²) in [7, 11) is 0. The van der Waals surface area contributed by atoms with Gasteiger partial charge < -0.3 is 14.6 Å². The van der Waals surface area contributed by atoms with Crippen LogP contribution in [0.15, 0.2) is 23.8 Å². The number of ether oxygens (including phenoxy) is 2. The largest absolute Gasteiger partial charge is 0.457 e. The van der Waals surface area contributed by atoms with E-state index in [0.717, 1.165) is 0 Å². The van der Waals surface area contributed by atoms with E-state index in [-0.39, 0.29) is 63.8 Å². The smallest absolute Gasteiger partial charge is 0.306 e. The Morgan fingerprint density at radius 2 is 1.65 bits per heavy atom. The van der Waals surface area contributed by atoms with E-state index in [0.29, 0.717) is 12.0 Å². The SMILES string of the molecule is C[C@H]1CC2C3CCC4=CC(=O)C=C[C@]4(C)[C@@]3(F)[C@@H](O)C[C@]2(C)[C@@]1(OC(=O)CCCON(O)O)C(=O)COC(=O)CCCC(CON(O)O)ON(O)O. The second-order valence-corrected chi connectivity index (χ2v) is 14.3. The molecule has 0 aromatic carbocycles. The maximum absolute atomic E-state index is 17.7. The van der Waals surface area contributed by atoms with Gasteiger partial charge in [-0.3, -0.25) is 55.3 Å². The Bertz CT molecular complexity index is 1400. The zero-order chi connectivity index (χ0) is 38.6. The summed E-state index contributed by atoms with van der Waals surface area (Å²) < 4.78 is 29.1. The molecule has 4 aliphatic carbocycles. The Morgan fingerprint density at radius 3 is 2.31 bits per heavy atom. The Balaban J connectivity index is 1.56. The summed E-state index contributed by atoms with van der Waals surface area (Å²) in [6, 6.07) is 0. The first-order chi connectivity index (χ1) is 24.3. The highest BCUT2D eigenvalue weighted by molar-refractivity contribution is 6.01. The van der Waals surface area contributed by atoms with Gasteiger partial charge in [-0.25, -0.2) is 14.1 Å². The number of halogens is 1. The summed E-state index contributed by atoms with van der Waals surface area (Å²) in [6.45, 7) is 3.28. The highest BCUT2D eigenvalue weighted by Crippen LogP contribution is 2.71. The van der Waals surface area contributed by atoms with Gasteiger partial charge in [0.1, 0.15) is 12.7 Å². The van der Waals surface area contributed by atoms with Gasteiger partial charge in [0.15, 0.2) is 23.7 Å². The number of aliphatic hydroxyl groups is 1. The molecule has 3 saturated carbocycles. The molecule has 9 atom stereocenters. The van der Waals surface area contributed by atoms with Crippen molar-refractivity contribution in [3.8, 4) is 0 Å². The monoisotopic (exact) mass is 749 g/mol. The number of allylic oxidation sites excluding steroid dienone is 4. The molecule has 0 radical (unpaired) electrons. The first-order valence-corrected chi connectivity index (χ1v) is 17.0. The van der Waals surface area contributed by atoms with Gasteiger partial charge in [-0.2, -0.15) is 0 Å². The summed E-state index contributed by atoms with van der Waals surface area (Å²) in [4.78, 5) is 66.3. The van der Waals surface area contributed by atoms with E-state index in [1.54, 1.807) is 20.8 Å². The number of Topliss-reactive ketones (excluding diaryl/α,β-unsaturated/α-hetero) is 1. The van der Waals surface area contributed by atoms with Crippen LogP contribution in [0.1, 0.15) is 78.6 Å². The Morgan fingerprint density at radius 1 is 0.981 bits per heavy atom. The van der Waals surface area contributed by atoms with Gasteiger partial charge in [-0.1, -0.05) is 25.5 Å². The van der Waals surface area contributed by atoms with Crippen molar-refractivity contribution in [3.05, 3.63) is 23.8 Å². The Hall–Kier alpha value is -2.83. The maximum Gasteiger partial charge on any atom is 0.306 e. The molecule has 0 amide bonds. The molecule has 3 unspecified atom stereocenters. The zero-order valence-corrected chi connectivity index (χ0v) is 29.1. The first kappa shape index (κ1) is 41.9. The molecular weight excluding hydrogens is 701 g/mol. The number of ketones is 2. The number of aliphatic hydroxyl groups excluding tert-OH is 1. The van der Waals surface area contributed by atoms with Crippen molar-refractivity contribution in [3.63, 3.8) is 0 Å². The predicted molar refractivity (Wildman–Crippen MR) is 164 cm³/mol. The van der Waals surface area contributed by atoms with Crippen LogP contribution in [-0.4, -0.2) is 119 Å². The fourth-order valence-corrected chi connectivity index (χ4v) is 9.24. The van der Waals surface area contributed by atoms with Crippen LogP contribution in [0, 0.1) is 28.6 Å². The second kappa shape index (κ2) is 16.7.